The smallest absolute Gasteiger partial charge is 0.185 e. The minimum atomic E-state index is -0.126. The first-order chi connectivity index (χ1) is 12.9. The normalized spacial score (nSPS) is 11.4. The highest BCUT2D eigenvalue weighted by Crippen LogP contribution is 2.24. The summed E-state index contributed by atoms with van der Waals surface area (Å²) in [6, 6.07) is 9.57. The number of halogens is 4. The number of carbonyl (C=O) groups is 2. The van der Waals surface area contributed by atoms with Gasteiger partial charge in [-0.3, -0.25) is 9.59 Å². The highest BCUT2D eigenvalue weighted by Gasteiger charge is 2.05. The van der Waals surface area contributed by atoms with Crippen molar-refractivity contribution < 1.29 is 9.59 Å². The van der Waals surface area contributed by atoms with Gasteiger partial charge in [0.15, 0.2) is 11.6 Å². The van der Waals surface area contributed by atoms with Crippen molar-refractivity contribution in [1.29, 1.82) is 0 Å². The largest absolute Gasteiger partial charge is 0.289 e. The third kappa shape index (κ3) is 6.82. The summed E-state index contributed by atoms with van der Waals surface area (Å²) in [5, 5.41) is 1.54. The lowest BCUT2D eigenvalue weighted by Gasteiger charge is -1.99. The van der Waals surface area contributed by atoms with Gasteiger partial charge in [-0.2, -0.15) is 0 Å². The molecule has 2 rings (SSSR count). The van der Waals surface area contributed by atoms with Crippen LogP contribution in [0.2, 0.25) is 20.1 Å². The maximum atomic E-state index is 12.0. The Bertz CT molecular complexity index is 828. The van der Waals surface area contributed by atoms with Crippen LogP contribution in [-0.2, 0) is 0 Å². The molecule has 0 atom stereocenters. The van der Waals surface area contributed by atoms with Gasteiger partial charge in [0.25, 0.3) is 0 Å². The van der Waals surface area contributed by atoms with Crippen LogP contribution < -0.4 is 0 Å². The summed E-state index contributed by atoms with van der Waals surface area (Å²) in [7, 11) is 0. The van der Waals surface area contributed by atoms with Gasteiger partial charge in [0.05, 0.1) is 20.1 Å². The van der Waals surface area contributed by atoms with Gasteiger partial charge >= 0.3 is 0 Å². The minimum absolute atomic E-state index is 0.126. The fourth-order valence-electron chi connectivity index (χ4n) is 2.23. The molecule has 0 saturated carbocycles. The Kier molecular flexibility index (Phi) is 8.59. The second-order valence-corrected chi connectivity index (χ2v) is 7.35. The summed E-state index contributed by atoms with van der Waals surface area (Å²) in [6.07, 6.45) is 8.90. The number of unbranched alkanes of at least 4 members (excludes halogenated alkanes) is 2. The van der Waals surface area contributed by atoms with Crippen LogP contribution in [0.5, 0.6) is 0 Å². The second kappa shape index (κ2) is 10.7. The summed E-state index contributed by atoms with van der Waals surface area (Å²) in [5.41, 5.74) is 0.987. The molecule has 2 aromatic rings. The monoisotopic (exact) mass is 440 g/mol. The first-order valence-electron chi connectivity index (χ1n) is 8.20. The molecule has 0 heterocycles. The van der Waals surface area contributed by atoms with Crippen LogP contribution in [0.15, 0.2) is 60.7 Å². The standard InChI is InChI=1S/C21H16Cl4O2/c22-16-10-8-14(12-18(16)24)20(26)6-4-2-1-3-5-7-21(27)15-9-11-17(23)19(25)13-15/h4-13H,1-3H2/b6-4+,7-5+. The molecule has 0 N–H and O–H groups in total. The van der Waals surface area contributed by atoms with Crippen molar-refractivity contribution in [2.24, 2.45) is 0 Å². The predicted octanol–water partition coefficient (Wildman–Crippen LogP) is 7.65. The molecule has 2 aromatic carbocycles. The molecule has 0 aliphatic heterocycles. The maximum Gasteiger partial charge on any atom is 0.185 e. The Hall–Kier alpha value is -1.58. The Morgan fingerprint density at radius 1 is 0.667 bits per heavy atom. The van der Waals surface area contributed by atoms with Crippen LogP contribution in [0, 0.1) is 0 Å². The Labute approximate surface area is 178 Å². The van der Waals surface area contributed by atoms with E-state index in [1.807, 2.05) is 0 Å². The van der Waals surface area contributed by atoms with E-state index in [2.05, 4.69) is 0 Å². The fraction of sp³-hybridized carbons (Fsp3) is 0.143. The van der Waals surface area contributed by atoms with Crippen molar-refractivity contribution in [3.8, 4) is 0 Å². The van der Waals surface area contributed by atoms with E-state index in [0.29, 0.717) is 31.2 Å². The topological polar surface area (TPSA) is 34.1 Å². The highest BCUT2D eigenvalue weighted by molar-refractivity contribution is 6.42. The van der Waals surface area contributed by atoms with Gasteiger partial charge in [-0.25, -0.2) is 0 Å². The molecule has 6 heteroatoms. The van der Waals surface area contributed by atoms with Gasteiger partial charge in [0.2, 0.25) is 0 Å². The highest BCUT2D eigenvalue weighted by atomic mass is 35.5. The average Bonchev–Trinajstić information content (AvgIpc) is 2.65. The molecule has 0 unspecified atom stereocenters. The Morgan fingerprint density at radius 3 is 1.44 bits per heavy atom. The molecule has 0 saturated heterocycles. The number of rotatable bonds is 8. The van der Waals surface area contributed by atoms with Crippen molar-refractivity contribution in [2.45, 2.75) is 19.3 Å². The number of carbonyl (C=O) groups excluding carboxylic acids is 2. The molecular weight excluding hydrogens is 426 g/mol. The summed E-state index contributed by atoms with van der Waals surface area (Å²) in [5.74, 6) is -0.252. The van der Waals surface area contributed by atoms with E-state index in [4.69, 9.17) is 46.4 Å². The first kappa shape index (κ1) is 21.7. The fourth-order valence-corrected chi connectivity index (χ4v) is 2.82. The Balaban J connectivity index is 1.75. The molecular formula is C21H16Cl4O2. The zero-order valence-electron chi connectivity index (χ0n) is 14.2. The molecule has 0 aliphatic rings. The van der Waals surface area contributed by atoms with Gasteiger partial charge in [-0.1, -0.05) is 58.6 Å². The van der Waals surface area contributed by atoms with Crippen molar-refractivity contribution in [1.82, 2.24) is 0 Å². The van der Waals surface area contributed by atoms with Gasteiger partial charge in [0.1, 0.15) is 0 Å². The maximum absolute atomic E-state index is 12.0. The van der Waals surface area contributed by atoms with E-state index < -0.39 is 0 Å². The number of hydrogen-bond acceptors (Lipinski definition) is 2. The third-order valence-corrected chi connectivity index (χ3v) is 5.17. The molecule has 0 fully saturated rings. The van der Waals surface area contributed by atoms with Crippen LogP contribution >= 0.6 is 46.4 Å². The SMILES string of the molecule is O=C(/C=C/CCC/C=C/C(=O)c1ccc(Cl)c(Cl)c1)c1ccc(Cl)c(Cl)c1. The summed E-state index contributed by atoms with van der Waals surface area (Å²) in [6.45, 7) is 0. The van der Waals surface area contributed by atoms with Crippen LogP contribution in [0.1, 0.15) is 40.0 Å². The first-order valence-corrected chi connectivity index (χ1v) is 9.71. The van der Waals surface area contributed by atoms with Crippen molar-refractivity contribution in [2.75, 3.05) is 0 Å². The summed E-state index contributed by atoms with van der Waals surface area (Å²) >= 11 is 23.5. The van der Waals surface area contributed by atoms with Gasteiger partial charge < -0.3 is 0 Å². The lowest BCUT2D eigenvalue weighted by Crippen LogP contribution is -1.94. The van der Waals surface area contributed by atoms with Crippen LogP contribution in [0.3, 0.4) is 0 Å². The van der Waals surface area contributed by atoms with Gasteiger partial charge in [-0.15, -0.1) is 0 Å². The van der Waals surface area contributed by atoms with Crippen molar-refractivity contribution >= 4 is 58.0 Å². The van der Waals surface area contributed by atoms with E-state index in [0.717, 1.165) is 19.3 Å². The van der Waals surface area contributed by atoms with Gasteiger partial charge in [-0.05, 0) is 67.8 Å². The molecule has 0 spiro atoms. The lowest BCUT2D eigenvalue weighted by atomic mass is 10.1. The molecule has 0 amide bonds. The van der Waals surface area contributed by atoms with E-state index in [-0.39, 0.29) is 11.6 Å². The summed E-state index contributed by atoms with van der Waals surface area (Å²) < 4.78 is 0. The van der Waals surface area contributed by atoms with Crippen LogP contribution in [0.4, 0.5) is 0 Å². The number of benzene rings is 2. The molecule has 140 valence electrons. The summed E-state index contributed by atoms with van der Waals surface area (Å²) in [4.78, 5) is 24.1. The van der Waals surface area contributed by atoms with E-state index in [1.54, 1.807) is 48.6 Å². The van der Waals surface area contributed by atoms with E-state index >= 15 is 0 Å². The minimum Gasteiger partial charge on any atom is -0.289 e. The number of allylic oxidation sites excluding steroid dienone is 4. The average molecular weight is 442 g/mol. The molecule has 27 heavy (non-hydrogen) atoms. The molecule has 0 radical (unpaired) electrons. The van der Waals surface area contributed by atoms with Crippen LogP contribution in [0.25, 0.3) is 0 Å². The second-order valence-electron chi connectivity index (χ2n) is 5.72. The van der Waals surface area contributed by atoms with E-state index in [1.165, 1.54) is 12.2 Å². The molecule has 0 aromatic heterocycles. The number of hydrogen-bond donors (Lipinski definition) is 0. The molecule has 0 bridgehead atoms. The zero-order chi connectivity index (χ0) is 19.8. The van der Waals surface area contributed by atoms with Gasteiger partial charge in [0, 0.05) is 11.1 Å². The quantitative estimate of drug-likeness (QED) is 0.239. The zero-order valence-corrected chi connectivity index (χ0v) is 17.2. The number of ketones is 2. The third-order valence-electron chi connectivity index (χ3n) is 3.69. The van der Waals surface area contributed by atoms with E-state index in [9.17, 15) is 9.59 Å². The Morgan fingerprint density at radius 2 is 1.07 bits per heavy atom. The predicted molar refractivity (Wildman–Crippen MR) is 114 cm³/mol. The van der Waals surface area contributed by atoms with Crippen molar-refractivity contribution in [3.05, 3.63) is 91.9 Å². The molecule has 2 nitrogen and oxygen atoms in total. The molecule has 0 aliphatic carbocycles. The van der Waals surface area contributed by atoms with Crippen LogP contribution in [-0.4, -0.2) is 11.6 Å². The lowest BCUT2D eigenvalue weighted by molar-refractivity contribution is 0.103. The van der Waals surface area contributed by atoms with Crippen molar-refractivity contribution in [3.63, 3.8) is 0 Å².